The van der Waals surface area contributed by atoms with Crippen molar-refractivity contribution >= 4 is 29.3 Å². The van der Waals surface area contributed by atoms with E-state index in [1.165, 1.54) is 54.9 Å². The van der Waals surface area contributed by atoms with Crippen LogP contribution < -0.4 is 10.0 Å². The highest BCUT2D eigenvalue weighted by molar-refractivity contribution is 6.34. The van der Waals surface area contributed by atoms with Crippen LogP contribution in [0.3, 0.4) is 0 Å². The fourth-order valence-corrected chi connectivity index (χ4v) is 3.06. The molecule has 1 aliphatic heterocycles. The number of rotatable bonds is 4. The van der Waals surface area contributed by atoms with Crippen LogP contribution in [-0.4, -0.2) is 28.6 Å². The average Bonchev–Trinajstić information content (AvgIpc) is 2.98. The summed E-state index contributed by atoms with van der Waals surface area (Å²) in [6.45, 7) is 0. The van der Waals surface area contributed by atoms with Gasteiger partial charge in [0, 0.05) is 17.3 Å². The number of hydrogen-bond donors (Lipinski definition) is 0. The number of carbonyl (C=O) groups is 4. The number of carboxylic acids is 1. The fraction of sp³-hybridized carbons (Fsp3) is 0. The minimum Gasteiger partial charge on any atom is -0.545 e. The van der Waals surface area contributed by atoms with Gasteiger partial charge in [-0.3, -0.25) is 19.4 Å². The molecule has 1 aliphatic rings. The summed E-state index contributed by atoms with van der Waals surface area (Å²) in [6.07, 6.45) is 2.93. The number of nitrogens with zero attached hydrogens (tertiary/aromatic N) is 2. The van der Waals surface area contributed by atoms with Crippen molar-refractivity contribution in [2.45, 2.75) is 0 Å². The molecule has 0 saturated heterocycles. The van der Waals surface area contributed by atoms with E-state index in [0.717, 1.165) is 4.90 Å². The number of hydrogen-bond acceptors (Lipinski definition) is 6. The molecule has 0 unspecified atom stereocenters. The van der Waals surface area contributed by atoms with E-state index in [4.69, 9.17) is 0 Å². The van der Waals surface area contributed by atoms with Crippen molar-refractivity contribution < 1.29 is 24.3 Å². The lowest BCUT2D eigenvalue weighted by atomic mass is 9.98. The molecule has 136 valence electrons. The number of carbonyl (C=O) groups excluding carboxylic acids is 4. The zero-order chi connectivity index (χ0) is 19.8. The van der Waals surface area contributed by atoms with Gasteiger partial charge in [-0.15, -0.1) is 0 Å². The lowest BCUT2D eigenvalue weighted by molar-refractivity contribution is -0.255. The Hall–Kier alpha value is -4.13. The standard InChI is InChI=1S/C21H12N2O5/c24-18(12-3-1-4-14(9-12)21(27)28)13-6-7-16-17(10-13)20(26)23(19(16)25)15-5-2-8-22-11-15/h1-11H,(H,27,28)/p-1. The number of anilines is 1. The highest BCUT2D eigenvalue weighted by Gasteiger charge is 2.37. The van der Waals surface area contributed by atoms with Crippen molar-refractivity contribution in [1.29, 1.82) is 0 Å². The van der Waals surface area contributed by atoms with E-state index in [1.54, 1.807) is 12.1 Å². The summed E-state index contributed by atoms with van der Waals surface area (Å²) >= 11 is 0. The molecular formula is C21H11N2O5-. The Kier molecular flexibility index (Phi) is 4.04. The van der Waals surface area contributed by atoms with Crippen LogP contribution in [0.2, 0.25) is 0 Å². The predicted molar refractivity (Wildman–Crippen MR) is 96.0 cm³/mol. The maximum Gasteiger partial charge on any atom is 0.266 e. The lowest BCUT2D eigenvalue weighted by Gasteiger charge is -2.12. The van der Waals surface area contributed by atoms with Gasteiger partial charge >= 0.3 is 0 Å². The van der Waals surface area contributed by atoms with Crippen molar-refractivity contribution in [3.63, 3.8) is 0 Å². The highest BCUT2D eigenvalue weighted by Crippen LogP contribution is 2.29. The number of carboxylic acid groups (broad SMARTS) is 1. The predicted octanol–water partition coefficient (Wildman–Crippen LogP) is 1.48. The van der Waals surface area contributed by atoms with Crippen LogP contribution in [0.1, 0.15) is 47.0 Å². The summed E-state index contributed by atoms with van der Waals surface area (Å²) < 4.78 is 0. The molecule has 7 nitrogen and oxygen atoms in total. The molecule has 0 saturated carbocycles. The Morgan fingerprint density at radius 3 is 2.25 bits per heavy atom. The monoisotopic (exact) mass is 371 g/mol. The smallest absolute Gasteiger partial charge is 0.266 e. The van der Waals surface area contributed by atoms with Gasteiger partial charge in [0.15, 0.2) is 5.78 Å². The van der Waals surface area contributed by atoms with Gasteiger partial charge in [0.1, 0.15) is 0 Å². The molecule has 1 aromatic heterocycles. The molecule has 2 heterocycles. The van der Waals surface area contributed by atoms with Crippen LogP contribution in [0.15, 0.2) is 67.0 Å². The van der Waals surface area contributed by atoms with E-state index in [2.05, 4.69) is 4.98 Å². The van der Waals surface area contributed by atoms with Gasteiger partial charge < -0.3 is 9.90 Å². The molecular weight excluding hydrogens is 360 g/mol. The molecule has 0 radical (unpaired) electrons. The maximum atomic E-state index is 12.7. The highest BCUT2D eigenvalue weighted by atomic mass is 16.4. The van der Waals surface area contributed by atoms with Crippen molar-refractivity contribution in [3.05, 3.63) is 94.8 Å². The summed E-state index contributed by atoms with van der Waals surface area (Å²) in [4.78, 5) is 54.0. The number of fused-ring (bicyclic) bond motifs is 1. The van der Waals surface area contributed by atoms with Crippen molar-refractivity contribution in [2.75, 3.05) is 4.90 Å². The number of aromatic carboxylic acids is 1. The van der Waals surface area contributed by atoms with E-state index in [0.29, 0.717) is 5.69 Å². The molecule has 0 atom stereocenters. The zero-order valence-electron chi connectivity index (χ0n) is 14.3. The minimum absolute atomic E-state index is 0.107. The molecule has 3 aromatic rings. The molecule has 2 amide bonds. The molecule has 28 heavy (non-hydrogen) atoms. The average molecular weight is 371 g/mol. The summed E-state index contributed by atoms with van der Waals surface area (Å²) in [5.41, 5.74) is 0.819. The van der Waals surface area contributed by atoms with Gasteiger partial charge in [-0.05, 0) is 35.9 Å². The summed E-state index contributed by atoms with van der Waals surface area (Å²) in [6, 6.07) is 12.8. The van der Waals surface area contributed by atoms with Crippen molar-refractivity contribution in [3.8, 4) is 0 Å². The molecule has 2 aromatic carbocycles. The maximum absolute atomic E-state index is 12.7. The Balaban J connectivity index is 1.72. The second kappa shape index (κ2) is 6.55. The van der Waals surface area contributed by atoms with E-state index < -0.39 is 23.6 Å². The number of benzene rings is 2. The lowest BCUT2D eigenvalue weighted by Crippen LogP contribution is -2.29. The SMILES string of the molecule is O=C([O-])c1cccc(C(=O)c2ccc3c(c2)C(=O)N(c2cccnc2)C3=O)c1. The van der Waals surface area contributed by atoms with Crippen molar-refractivity contribution in [1.82, 2.24) is 4.98 Å². The normalized spacial score (nSPS) is 12.8. The van der Waals surface area contributed by atoms with E-state index in [1.807, 2.05) is 0 Å². The first-order valence-corrected chi connectivity index (χ1v) is 8.26. The van der Waals surface area contributed by atoms with Gasteiger partial charge in [-0.2, -0.15) is 0 Å². The molecule has 0 bridgehead atoms. The number of amides is 2. The fourth-order valence-electron chi connectivity index (χ4n) is 3.06. The van der Waals surface area contributed by atoms with Crippen LogP contribution in [0, 0.1) is 0 Å². The van der Waals surface area contributed by atoms with E-state index >= 15 is 0 Å². The Morgan fingerprint density at radius 2 is 1.54 bits per heavy atom. The molecule has 0 fully saturated rings. The number of ketones is 1. The van der Waals surface area contributed by atoms with Gasteiger partial charge in [-0.25, -0.2) is 4.90 Å². The summed E-state index contributed by atoms with van der Waals surface area (Å²) in [7, 11) is 0. The third-order valence-electron chi connectivity index (χ3n) is 4.41. The zero-order valence-corrected chi connectivity index (χ0v) is 14.3. The van der Waals surface area contributed by atoms with Crippen molar-refractivity contribution in [2.24, 2.45) is 0 Å². The first kappa shape index (κ1) is 17.3. The van der Waals surface area contributed by atoms with Crippen LogP contribution in [-0.2, 0) is 0 Å². The summed E-state index contributed by atoms with van der Waals surface area (Å²) in [5.74, 6) is -2.90. The third kappa shape index (κ3) is 2.75. The van der Waals surface area contributed by atoms with E-state index in [9.17, 15) is 24.3 Å². The molecule has 4 rings (SSSR count). The summed E-state index contributed by atoms with van der Waals surface area (Å²) in [5, 5.41) is 11.0. The number of imide groups is 1. The van der Waals surface area contributed by atoms with Crippen LogP contribution in [0.4, 0.5) is 5.69 Å². The Morgan fingerprint density at radius 1 is 0.821 bits per heavy atom. The Bertz CT molecular complexity index is 1150. The molecule has 0 aliphatic carbocycles. The topological polar surface area (TPSA) is 107 Å². The first-order valence-electron chi connectivity index (χ1n) is 8.26. The molecule has 0 spiro atoms. The van der Waals surface area contributed by atoms with E-state index in [-0.39, 0.29) is 27.8 Å². The minimum atomic E-state index is -1.39. The molecule has 7 heteroatoms. The van der Waals surface area contributed by atoms with Crippen LogP contribution in [0.5, 0.6) is 0 Å². The first-order chi connectivity index (χ1) is 13.5. The van der Waals surface area contributed by atoms with Gasteiger partial charge in [-0.1, -0.05) is 24.3 Å². The molecule has 0 N–H and O–H groups in total. The van der Waals surface area contributed by atoms with Crippen LogP contribution >= 0.6 is 0 Å². The number of aromatic nitrogens is 1. The second-order valence-electron chi connectivity index (χ2n) is 6.11. The number of pyridine rings is 1. The van der Waals surface area contributed by atoms with Crippen LogP contribution in [0.25, 0.3) is 0 Å². The van der Waals surface area contributed by atoms with Gasteiger partial charge in [0.25, 0.3) is 11.8 Å². The quantitative estimate of drug-likeness (QED) is 0.508. The third-order valence-corrected chi connectivity index (χ3v) is 4.41. The largest absolute Gasteiger partial charge is 0.545 e. The van der Waals surface area contributed by atoms with Gasteiger partial charge in [0.05, 0.1) is 29.0 Å². The Labute approximate surface area is 158 Å². The second-order valence-corrected chi connectivity index (χ2v) is 6.11. The van der Waals surface area contributed by atoms with Gasteiger partial charge in [0.2, 0.25) is 0 Å².